The smallest absolute Gasteiger partial charge is 0.320 e. The molecular weight excluding hydrogens is 376 g/mol. The van der Waals surface area contributed by atoms with Gasteiger partial charge >= 0.3 is 6.03 Å². The maximum atomic E-state index is 13.3. The molecule has 2 N–H and O–H groups in total. The van der Waals surface area contributed by atoms with E-state index in [0.29, 0.717) is 12.5 Å². The van der Waals surface area contributed by atoms with Gasteiger partial charge in [-0.2, -0.15) is 0 Å². The lowest BCUT2D eigenvalue weighted by Crippen LogP contribution is -2.56. The van der Waals surface area contributed by atoms with Crippen LogP contribution in [0.15, 0.2) is 30.3 Å². The van der Waals surface area contributed by atoms with Gasteiger partial charge in [0, 0.05) is 31.6 Å². The number of carbonyl (C=O) groups is 2. The Kier molecular flexibility index (Phi) is 5.80. The van der Waals surface area contributed by atoms with Crippen molar-refractivity contribution in [2.24, 2.45) is 11.7 Å². The third-order valence-corrected chi connectivity index (χ3v) is 8.03. The summed E-state index contributed by atoms with van der Waals surface area (Å²) in [6.07, 6.45) is 8.02. The van der Waals surface area contributed by atoms with Gasteiger partial charge in [0.1, 0.15) is 0 Å². The molecule has 30 heavy (non-hydrogen) atoms. The highest BCUT2D eigenvalue weighted by Gasteiger charge is 2.54. The molecule has 1 heterocycles. The monoisotopic (exact) mass is 412 g/mol. The van der Waals surface area contributed by atoms with Crippen molar-refractivity contribution in [1.82, 2.24) is 14.7 Å². The minimum absolute atomic E-state index is 0.0122. The summed E-state index contributed by atoms with van der Waals surface area (Å²) >= 11 is 0. The van der Waals surface area contributed by atoms with Crippen molar-refractivity contribution in [3.63, 3.8) is 0 Å². The molecule has 0 radical (unpaired) electrons. The highest BCUT2D eigenvalue weighted by molar-refractivity contribution is 5.80. The van der Waals surface area contributed by atoms with E-state index in [2.05, 4.69) is 54.2 Å². The van der Waals surface area contributed by atoms with E-state index in [0.717, 1.165) is 38.8 Å². The van der Waals surface area contributed by atoms with Crippen molar-refractivity contribution in [3.8, 4) is 0 Å². The van der Waals surface area contributed by atoms with E-state index in [-0.39, 0.29) is 29.4 Å². The molecule has 3 fully saturated rings. The van der Waals surface area contributed by atoms with Crippen LogP contribution >= 0.6 is 0 Å². The molecule has 0 bridgehead atoms. The van der Waals surface area contributed by atoms with Crippen LogP contribution in [-0.4, -0.2) is 65.9 Å². The van der Waals surface area contributed by atoms with Crippen molar-refractivity contribution in [1.29, 1.82) is 0 Å². The second-order valence-corrected chi connectivity index (χ2v) is 9.84. The lowest BCUT2D eigenvalue weighted by molar-refractivity contribution is -0.118. The van der Waals surface area contributed by atoms with Crippen LogP contribution in [0.5, 0.6) is 0 Å². The van der Waals surface area contributed by atoms with Crippen LogP contribution in [0, 0.1) is 5.92 Å². The van der Waals surface area contributed by atoms with Gasteiger partial charge in [0.2, 0.25) is 5.91 Å². The Bertz CT molecular complexity index is 767. The van der Waals surface area contributed by atoms with Crippen LogP contribution < -0.4 is 5.73 Å². The van der Waals surface area contributed by atoms with Gasteiger partial charge in [0.15, 0.2) is 0 Å². The zero-order valence-corrected chi connectivity index (χ0v) is 18.5. The van der Waals surface area contributed by atoms with Crippen LogP contribution in [0.4, 0.5) is 4.79 Å². The van der Waals surface area contributed by atoms with E-state index < -0.39 is 0 Å². The highest BCUT2D eigenvalue weighted by atomic mass is 16.2. The fraction of sp³-hybridized carbons (Fsp3) is 0.667. The van der Waals surface area contributed by atoms with Gasteiger partial charge in [-0.25, -0.2) is 4.79 Å². The molecule has 0 unspecified atom stereocenters. The van der Waals surface area contributed by atoms with Crippen LogP contribution in [0.3, 0.4) is 0 Å². The average Bonchev–Trinajstić information content (AvgIpc) is 2.95. The largest absolute Gasteiger partial charge is 0.370 e. The summed E-state index contributed by atoms with van der Waals surface area (Å²) in [5, 5.41) is 0. The maximum Gasteiger partial charge on any atom is 0.320 e. The fourth-order valence-corrected chi connectivity index (χ4v) is 5.81. The van der Waals surface area contributed by atoms with Crippen molar-refractivity contribution in [2.75, 3.05) is 33.7 Å². The molecule has 164 valence electrons. The molecule has 1 aliphatic heterocycles. The quantitative estimate of drug-likeness (QED) is 0.748. The van der Waals surface area contributed by atoms with E-state index >= 15 is 0 Å². The van der Waals surface area contributed by atoms with Crippen LogP contribution in [0.2, 0.25) is 0 Å². The Balaban J connectivity index is 1.56. The van der Waals surface area contributed by atoms with Crippen LogP contribution in [-0.2, 0) is 10.3 Å². The van der Waals surface area contributed by atoms with Gasteiger partial charge in [0.05, 0.1) is 5.54 Å². The van der Waals surface area contributed by atoms with Crippen molar-refractivity contribution < 1.29 is 9.59 Å². The van der Waals surface area contributed by atoms with E-state index in [1.54, 1.807) is 0 Å². The number of primary amides is 1. The zero-order valence-electron chi connectivity index (χ0n) is 18.5. The standard InChI is InChI=1S/C24H36N4O2/c1-26(2)24(20-9-4-3-5-10-20)14-12-23(13-15-24)18-27(16-11-21(25)29)22(30)28(23)17-19-7-6-8-19/h3-5,9-10,19H,6-8,11-18H2,1-2H3,(H2,25,29)/t23-,24-. The molecule has 1 saturated heterocycles. The van der Waals surface area contributed by atoms with Crippen LogP contribution in [0.25, 0.3) is 0 Å². The first-order chi connectivity index (χ1) is 14.4. The highest BCUT2D eigenvalue weighted by Crippen LogP contribution is 2.49. The third-order valence-electron chi connectivity index (χ3n) is 8.03. The molecule has 1 aromatic carbocycles. The summed E-state index contributed by atoms with van der Waals surface area (Å²) in [6.45, 7) is 2.03. The molecule has 4 rings (SSSR count). The number of rotatable bonds is 7. The molecule has 1 spiro atoms. The summed E-state index contributed by atoms with van der Waals surface area (Å²) in [5.41, 5.74) is 6.64. The minimum atomic E-state index is -0.339. The number of urea groups is 1. The van der Waals surface area contributed by atoms with Crippen molar-refractivity contribution in [2.45, 2.75) is 62.4 Å². The SMILES string of the molecule is CN(C)[C@]1(c2ccccc2)CC[C@@]2(CC1)CN(CCC(N)=O)C(=O)N2CC1CCC1. The van der Waals surface area contributed by atoms with Gasteiger partial charge in [0.25, 0.3) is 0 Å². The summed E-state index contributed by atoms with van der Waals surface area (Å²) in [5.74, 6) is 0.296. The maximum absolute atomic E-state index is 13.3. The Morgan fingerprint density at radius 2 is 1.80 bits per heavy atom. The predicted octanol–water partition coefficient (Wildman–Crippen LogP) is 3.17. The molecule has 1 aromatic rings. The number of benzene rings is 1. The molecule has 6 heteroatoms. The molecule has 6 nitrogen and oxygen atoms in total. The molecule has 2 aliphatic carbocycles. The van der Waals surface area contributed by atoms with Gasteiger partial charge in [-0.1, -0.05) is 36.8 Å². The van der Waals surface area contributed by atoms with E-state index in [1.807, 2.05) is 4.90 Å². The summed E-state index contributed by atoms with van der Waals surface area (Å²) < 4.78 is 0. The Labute approximate surface area is 180 Å². The van der Waals surface area contributed by atoms with Crippen molar-refractivity contribution >= 4 is 11.9 Å². The fourth-order valence-electron chi connectivity index (χ4n) is 5.81. The molecule has 0 aromatic heterocycles. The topological polar surface area (TPSA) is 69.9 Å². The molecule has 3 amide bonds. The molecule has 2 saturated carbocycles. The molecule has 3 aliphatic rings. The Morgan fingerprint density at radius 3 is 2.33 bits per heavy atom. The molecular formula is C24H36N4O2. The van der Waals surface area contributed by atoms with Gasteiger partial charge in [-0.3, -0.25) is 9.69 Å². The lowest BCUT2D eigenvalue weighted by atomic mass is 9.68. The third kappa shape index (κ3) is 3.70. The minimum Gasteiger partial charge on any atom is -0.370 e. The number of nitrogens with two attached hydrogens (primary N) is 1. The second-order valence-electron chi connectivity index (χ2n) is 9.84. The summed E-state index contributed by atoms with van der Waals surface area (Å²) in [6, 6.07) is 10.9. The van der Waals surface area contributed by atoms with Gasteiger partial charge < -0.3 is 15.5 Å². The summed E-state index contributed by atoms with van der Waals surface area (Å²) in [4.78, 5) is 31.1. The first-order valence-corrected chi connectivity index (χ1v) is 11.4. The number of hydrogen-bond acceptors (Lipinski definition) is 3. The lowest BCUT2D eigenvalue weighted by Gasteiger charge is -2.51. The van der Waals surface area contributed by atoms with E-state index in [1.165, 1.54) is 24.8 Å². The second kappa shape index (κ2) is 8.22. The number of amides is 3. The predicted molar refractivity (Wildman–Crippen MR) is 118 cm³/mol. The normalized spacial score (nSPS) is 29.6. The number of nitrogens with zero attached hydrogens (tertiary/aromatic N) is 3. The number of carbonyl (C=O) groups excluding carboxylic acids is 2. The number of hydrogen-bond donors (Lipinski definition) is 1. The Hall–Kier alpha value is -2.08. The van der Waals surface area contributed by atoms with E-state index in [4.69, 9.17) is 5.73 Å². The first-order valence-electron chi connectivity index (χ1n) is 11.4. The average molecular weight is 413 g/mol. The zero-order chi connectivity index (χ0) is 21.4. The summed E-state index contributed by atoms with van der Waals surface area (Å²) in [7, 11) is 4.35. The van der Waals surface area contributed by atoms with Gasteiger partial charge in [-0.05, 0) is 64.1 Å². The van der Waals surface area contributed by atoms with Crippen LogP contribution in [0.1, 0.15) is 56.9 Å². The molecule has 0 atom stereocenters. The van der Waals surface area contributed by atoms with Gasteiger partial charge in [-0.15, -0.1) is 0 Å². The first kappa shape index (κ1) is 21.2. The Morgan fingerprint density at radius 1 is 1.13 bits per heavy atom. The van der Waals surface area contributed by atoms with E-state index in [9.17, 15) is 9.59 Å². The van der Waals surface area contributed by atoms with Crippen molar-refractivity contribution in [3.05, 3.63) is 35.9 Å².